The molecule has 0 aliphatic carbocycles. The van der Waals surface area contributed by atoms with Crippen molar-refractivity contribution >= 4 is 17.5 Å². The first-order chi connectivity index (χ1) is 12.5. The van der Waals surface area contributed by atoms with Crippen LogP contribution in [0.5, 0.6) is 5.75 Å². The van der Waals surface area contributed by atoms with Crippen LogP contribution in [0.1, 0.15) is 35.7 Å². The van der Waals surface area contributed by atoms with Gasteiger partial charge in [-0.2, -0.15) is 0 Å². The number of ether oxygens (including phenoxy) is 1. The lowest BCUT2D eigenvalue weighted by atomic mass is 10.2. The number of para-hydroxylation sites is 1. The van der Waals surface area contributed by atoms with Crippen LogP contribution in [-0.4, -0.2) is 32.0 Å². The summed E-state index contributed by atoms with van der Waals surface area (Å²) in [4.78, 5) is 26.2. The Hall–Kier alpha value is -2.82. The van der Waals surface area contributed by atoms with Gasteiger partial charge in [-0.15, -0.1) is 0 Å². The second-order valence-corrected chi connectivity index (χ2v) is 6.08. The lowest BCUT2D eigenvalue weighted by Gasteiger charge is -2.17. The molecule has 26 heavy (non-hydrogen) atoms. The molecule has 138 valence electrons. The number of carbonyl (C=O) groups is 2. The molecule has 0 aromatic heterocycles. The largest absolute Gasteiger partial charge is 0.493 e. The number of anilines is 1. The number of hydrogen-bond acceptors (Lipinski definition) is 3. The van der Waals surface area contributed by atoms with Gasteiger partial charge in [0.2, 0.25) is 5.91 Å². The summed E-state index contributed by atoms with van der Waals surface area (Å²) in [7, 11) is 1.77. The molecular weight excluding hydrogens is 328 g/mol. The molecule has 2 amide bonds. The summed E-state index contributed by atoms with van der Waals surface area (Å²) in [6.45, 7) is 4.83. The Bertz CT molecular complexity index is 741. The van der Waals surface area contributed by atoms with Crippen LogP contribution >= 0.6 is 0 Å². The number of nitrogens with zero attached hydrogens (tertiary/aromatic N) is 1. The smallest absolute Gasteiger partial charge is 0.255 e. The molecule has 2 aromatic carbocycles. The van der Waals surface area contributed by atoms with Gasteiger partial charge in [-0.1, -0.05) is 29.8 Å². The highest BCUT2D eigenvalue weighted by atomic mass is 16.5. The number of rotatable bonds is 8. The molecule has 1 N–H and O–H groups in total. The van der Waals surface area contributed by atoms with Crippen molar-refractivity contribution in [3.63, 3.8) is 0 Å². The van der Waals surface area contributed by atoms with Gasteiger partial charge in [-0.05, 0) is 44.5 Å². The van der Waals surface area contributed by atoms with Gasteiger partial charge in [0, 0.05) is 25.7 Å². The van der Waals surface area contributed by atoms with Crippen molar-refractivity contribution in [3.05, 3.63) is 59.7 Å². The van der Waals surface area contributed by atoms with Crippen molar-refractivity contribution in [3.8, 4) is 5.75 Å². The number of hydrogen-bond donors (Lipinski definition) is 1. The van der Waals surface area contributed by atoms with Crippen molar-refractivity contribution in [1.29, 1.82) is 0 Å². The van der Waals surface area contributed by atoms with Gasteiger partial charge < -0.3 is 15.0 Å². The molecular formula is C21H26N2O3. The minimum Gasteiger partial charge on any atom is -0.493 e. The highest BCUT2D eigenvalue weighted by Gasteiger charge is 2.13. The van der Waals surface area contributed by atoms with E-state index in [1.807, 2.05) is 44.2 Å². The molecule has 0 unspecified atom stereocenters. The zero-order valence-electron chi connectivity index (χ0n) is 15.6. The first kappa shape index (κ1) is 19.5. The Morgan fingerprint density at radius 3 is 2.46 bits per heavy atom. The van der Waals surface area contributed by atoms with Gasteiger partial charge in [-0.25, -0.2) is 0 Å². The van der Waals surface area contributed by atoms with E-state index in [2.05, 4.69) is 5.32 Å². The number of aryl methyl sites for hydroxylation is 1. The minimum atomic E-state index is -0.187. The molecule has 0 heterocycles. The van der Waals surface area contributed by atoms with E-state index in [0.717, 1.165) is 11.3 Å². The summed E-state index contributed by atoms with van der Waals surface area (Å²) in [5, 5.41) is 2.85. The molecule has 5 nitrogen and oxygen atoms in total. The van der Waals surface area contributed by atoms with Gasteiger partial charge in [-0.3, -0.25) is 9.59 Å². The molecule has 2 aromatic rings. The van der Waals surface area contributed by atoms with E-state index in [9.17, 15) is 9.59 Å². The van der Waals surface area contributed by atoms with Crippen LogP contribution in [0.2, 0.25) is 0 Å². The van der Waals surface area contributed by atoms with Crippen LogP contribution in [0.15, 0.2) is 48.5 Å². The van der Waals surface area contributed by atoms with Crippen molar-refractivity contribution in [2.24, 2.45) is 0 Å². The molecule has 0 atom stereocenters. The third-order valence-electron chi connectivity index (χ3n) is 4.08. The van der Waals surface area contributed by atoms with Crippen LogP contribution in [0, 0.1) is 6.92 Å². The predicted molar refractivity (Wildman–Crippen MR) is 104 cm³/mol. The number of nitrogens with one attached hydrogen (secondary N) is 1. The first-order valence-electron chi connectivity index (χ1n) is 8.86. The second-order valence-electron chi connectivity index (χ2n) is 6.08. The quantitative estimate of drug-likeness (QED) is 0.737. The van der Waals surface area contributed by atoms with Gasteiger partial charge in [0.25, 0.3) is 5.91 Å². The van der Waals surface area contributed by atoms with E-state index in [1.165, 1.54) is 0 Å². The first-order valence-corrected chi connectivity index (χ1v) is 8.86. The monoisotopic (exact) mass is 354 g/mol. The van der Waals surface area contributed by atoms with Gasteiger partial charge in [0.05, 0.1) is 12.2 Å². The van der Waals surface area contributed by atoms with E-state index < -0.39 is 0 Å². The zero-order valence-corrected chi connectivity index (χ0v) is 15.6. The fourth-order valence-electron chi connectivity index (χ4n) is 2.55. The fourth-order valence-corrected chi connectivity index (χ4v) is 2.55. The van der Waals surface area contributed by atoms with E-state index >= 15 is 0 Å². The topological polar surface area (TPSA) is 58.6 Å². The van der Waals surface area contributed by atoms with Crippen LogP contribution in [0.25, 0.3) is 0 Å². The maximum atomic E-state index is 12.3. The zero-order chi connectivity index (χ0) is 18.9. The summed E-state index contributed by atoms with van der Waals surface area (Å²) < 4.78 is 5.47. The summed E-state index contributed by atoms with van der Waals surface area (Å²) in [5.41, 5.74) is 2.54. The SMILES string of the molecule is CCOc1ccccc1C(=O)NCCCC(=O)N(C)c1ccc(C)cc1. The molecule has 0 bridgehead atoms. The molecule has 0 saturated carbocycles. The standard InChI is InChI=1S/C21H26N2O3/c1-4-26-19-9-6-5-8-18(19)21(25)22-15-7-10-20(24)23(3)17-13-11-16(2)12-14-17/h5-6,8-9,11-14H,4,7,10,15H2,1-3H3,(H,22,25). The lowest BCUT2D eigenvalue weighted by Crippen LogP contribution is -2.29. The van der Waals surface area contributed by atoms with Crippen LogP contribution in [0.4, 0.5) is 5.69 Å². The number of carbonyl (C=O) groups excluding carboxylic acids is 2. The Balaban J connectivity index is 1.80. The third kappa shape index (κ3) is 5.34. The van der Waals surface area contributed by atoms with E-state index in [0.29, 0.717) is 37.3 Å². The van der Waals surface area contributed by atoms with Crippen molar-refractivity contribution in [2.45, 2.75) is 26.7 Å². The highest BCUT2D eigenvalue weighted by Crippen LogP contribution is 2.18. The van der Waals surface area contributed by atoms with Gasteiger partial charge in [0.15, 0.2) is 0 Å². The Labute approximate surface area is 155 Å². The maximum absolute atomic E-state index is 12.3. The van der Waals surface area contributed by atoms with Crippen molar-refractivity contribution in [2.75, 3.05) is 25.1 Å². The molecule has 2 rings (SSSR count). The molecule has 0 aliphatic rings. The summed E-state index contributed by atoms with van der Waals surface area (Å²) in [6, 6.07) is 15.0. The third-order valence-corrected chi connectivity index (χ3v) is 4.08. The summed E-state index contributed by atoms with van der Waals surface area (Å²) >= 11 is 0. The van der Waals surface area contributed by atoms with E-state index in [1.54, 1.807) is 30.1 Å². The second kappa shape index (κ2) is 9.61. The summed E-state index contributed by atoms with van der Waals surface area (Å²) in [6.07, 6.45) is 0.954. The molecule has 0 saturated heterocycles. The lowest BCUT2D eigenvalue weighted by molar-refractivity contribution is -0.118. The van der Waals surface area contributed by atoms with Crippen molar-refractivity contribution < 1.29 is 14.3 Å². The van der Waals surface area contributed by atoms with Crippen molar-refractivity contribution in [1.82, 2.24) is 5.32 Å². The average Bonchev–Trinajstić information content (AvgIpc) is 2.65. The van der Waals surface area contributed by atoms with Gasteiger partial charge in [0.1, 0.15) is 5.75 Å². The Morgan fingerprint density at radius 1 is 1.08 bits per heavy atom. The molecule has 5 heteroatoms. The van der Waals surface area contributed by atoms with Crippen LogP contribution in [-0.2, 0) is 4.79 Å². The molecule has 0 radical (unpaired) electrons. The minimum absolute atomic E-state index is 0.0258. The highest BCUT2D eigenvalue weighted by molar-refractivity contribution is 5.97. The normalized spacial score (nSPS) is 10.3. The molecule has 0 aliphatic heterocycles. The maximum Gasteiger partial charge on any atom is 0.255 e. The molecule has 0 spiro atoms. The van der Waals surface area contributed by atoms with E-state index in [4.69, 9.17) is 4.74 Å². The van der Waals surface area contributed by atoms with Crippen LogP contribution in [0.3, 0.4) is 0 Å². The van der Waals surface area contributed by atoms with E-state index in [-0.39, 0.29) is 11.8 Å². The predicted octanol–water partition coefficient (Wildman–Crippen LogP) is 3.57. The van der Waals surface area contributed by atoms with Gasteiger partial charge >= 0.3 is 0 Å². The average molecular weight is 354 g/mol. The number of benzene rings is 2. The summed E-state index contributed by atoms with van der Waals surface area (Å²) in [5.74, 6) is 0.411. The van der Waals surface area contributed by atoms with Crippen LogP contribution < -0.4 is 15.0 Å². The fraction of sp³-hybridized carbons (Fsp3) is 0.333. The Morgan fingerprint density at radius 2 is 1.77 bits per heavy atom. The molecule has 0 fully saturated rings. The Kier molecular flexibility index (Phi) is 7.21. The number of amides is 2.